The number of halogens is 2. The summed E-state index contributed by atoms with van der Waals surface area (Å²) < 4.78 is 42.0. The number of hydrogen-bond donors (Lipinski definition) is 0. The molecule has 3 rings (SSSR count). The number of carbonyl (C=O) groups is 1. The highest BCUT2D eigenvalue weighted by Crippen LogP contribution is 2.30. The highest BCUT2D eigenvalue weighted by atomic mass is 35.5. The molecule has 0 aliphatic rings. The second-order valence-corrected chi connectivity index (χ2v) is 9.03. The van der Waals surface area contributed by atoms with Crippen LogP contribution in [0.15, 0.2) is 53.6 Å². The first-order chi connectivity index (χ1) is 13.8. The maximum Gasteiger partial charge on any atom is 0.242 e. The van der Waals surface area contributed by atoms with Gasteiger partial charge in [0.2, 0.25) is 5.91 Å². The Morgan fingerprint density at radius 1 is 1.10 bits per heavy atom. The van der Waals surface area contributed by atoms with E-state index in [0.29, 0.717) is 24.0 Å². The molecule has 0 saturated carbocycles. The number of aromatic nitrogens is 1. The van der Waals surface area contributed by atoms with Gasteiger partial charge in [-0.2, -0.15) is 0 Å². The predicted molar refractivity (Wildman–Crippen MR) is 112 cm³/mol. The molecule has 154 valence electrons. The van der Waals surface area contributed by atoms with Gasteiger partial charge in [0.15, 0.2) is 9.84 Å². The van der Waals surface area contributed by atoms with Gasteiger partial charge < -0.3 is 9.47 Å². The number of carbonyl (C=O) groups excluding carboxylic acids is 1. The van der Waals surface area contributed by atoms with Gasteiger partial charge in [-0.3, -0.25) is 4.79 Å². The van der Waals surface area contributed by atoms with Crippen molar-refractivity contribution in [1.82, 2.24) is 9.47 Å². The van der Waals surface area contributed by atoms with Crippen molar-refractivity contribution in [2.45, 2.75) is 31.0 Å². The fourth-order valence-electron chi connectivity index (χ4n) is 3.35. The van der Waals surface area contributed by atoms with Gasteiger partial charge >= 0.3 is 0 Å². The molecule has 0 atom stereocenters. The largest absolute Gasteiger partial charge is 0.342 e. The molecule has 0 N–H and O–H groups in total. The molecule has 0 saturated heterocycles. The number of amides is 1. The molecule has 0 spiro atoms. The van der Waals surface area contributed by atoms with Crippen molar-refractivity contribution >= 4 is 38.2 Å². The molecule has 0 aliphatic carbocycles. The maximum atomic E-state index is 14.2. The summed E-state index contributed by atoms with van der Waals surface area (Å²) in [4.78, 5) is 14.3. The van der Waals surface area contributed by atoms with E-state index in [1.165, 1.54) is 24.4 Å². The van der Waals surface area contributed by atoms with Crippen molar-refractivity contribution in [2.24, 2.45) is 0 Å². The Morgan fingerprint density at radius 2 is 1.79 bits per heavy atom. The van der Waals surface area contributed by atoms with E-state index in [0.717, 1.165) is 0 Å². The molecule has 0 bridgehead atoms. The van der Waals surface area contributed by atoms with Crippen LogP contribution in [0.5, 0.6) is 0 Å². The number of sulfone groups is 1. The Bertz CT molecular complexity index is 1130. The SMILES string of the molecule is CCN(CC)C(=O)Cn1cc(S(=O)(=O)Cc2c(F)cccc2Cl)c2ccccc21. The lowest BCUT2D eigenvalue weighted by Crippen LogP contribution is -2.33. The van der Waals surface area contributed by atoms with E-state index in [4.69, 9.17) is 11.6 Å². The molecule has 5 nitrogen and oxygen atoms in total. The first kappa shape index (κ1) is 21.3. The number of hydrogen-bond acceptors (Lipinski definition) is 3. The highest BCUT2D eigenvalue weighted by molar-refractivity contribution is 7.90. The summed E-state index contributed by atoms with van der Waals surface area (Å²) in [7, 11) is -3.90. The third-order valence-corrected chi connectivity index (χ3v) is 6.92. The smallest absolute Gasteiger partial charge is 0.242 e. The summed E-state index contributed by atoms with van der Waals surface area (Å²) >= 11 is 6.02. The molecule has 0 unspecified atom stereocenters. The van der Waals surface area contributed by atoms with Crippen LogP contribution in [-0.4, -0.2) is 36.9 Å². The zero-order valence-electron chi connectivity index (χ0n) is 16.2. The van der Waals surface area contributed by atoms with Crippen LogP contribution in [0.3, 0.4) is 0 Å². The fourth-order valence-corrected chi connectivity index (χ4v) is 5.29. The van der Waals surface area contributed by atoms with Gasteiger partial charge in [0, 0.05) is 40.8 Å². The number of nitrogens with zero attached hydrogens (tertiary/aromatic N) is 2. The first-order valence-electron chi connectivity index (χ1n) is 9.29. The van der Waals surface area contributed by atoms with E-state index in [1.54, 1.807) is 33.7 Å². The Kier molecular flexibility index (Phi) is 6.29. The van der Waals surface area contributed by atoms with Crippen molar-refractivity contribution in [1.29, 1.82) is 0 Å². The van der Waals surface area contributed by atoms with Gasteiger partial charge in [-0.1, -0.05) is 35.9 Å². The minimum absolute atomic E-state index is 0.0260. The van der Waals surface area contributed by atoms with Crippen molar-refractivity contribution in [2.75, 3.05) is 13.1 Å². The van der Waals surface area contributed by atoms with Gasteiger partial charge in [0.05, 0.1) is 10.6 Å². The number of likely N-dealkylation sites (N-methyl/N-ethyl adjacent to an activating group) is 1. The minimum Gasteiger partial charge on any atom is -0.342 e. The van der Waals surface area contributed by atoms with Crippen molar-refractivity contribution in [3.05, 3.63) is 65.1 Å². The quantitative estimate of drug-likeness (QED) is 0.555. The van der Waals surface area contributed by atoms with Gasteiger partial charge in [0.25, 0.3) is 0 Å². The van der Waals surface area contributed by atoms with Crippen LogP contribution < -0.4 is 0 Å². The molecule has 2 aromatic carbocycles. The fraction of sp³-hybridized carbons (Fsp3) is 0.286. The number of para-hydroxylation sites is 1. The first-order valence-corrected chi connectivity index (χ1v) is 11.3. The Morgan fingerprint density at radius 3 is 2.45 bits per heavy atom. The van der Waals surface area contributed by atoms with Crippen LogP contribution in [0.4, 0.5) is 4.39 Å². The van der Waals surface area contributed by atoms with Crippen LogP contribution in [0, 0.1) is 5.82 Å². The molecule has 29 heavy (non-hydrogen) atoms. The van der Waals surface area contributed by atoms with Crippen LogP contribution in [0.1, 0.15) is 19.4 Å². The van der Waals surface area contributed by atoms with Crippen LogP contribution in [0.2, 0.25) is 5.02 Å². The van der Waals surface area contributed by atoms with E-state index >= 15 is 0 Å². The molecular weight excluding hydrogens is 415 g/mol. The standard InChI is InChI=1S/C21H22ClFN2O3S/c1-3-24(4-2)21(26)13-25-12-20(15-8-5-6-11-19(15)25)29(27,28)14-16-17(22)9-7-10-18(16)23/h5-12H,3-4,13-14H2,1-2H3. The van der Waals surface area contributed by atoms with Crippen molar-refractivity contribution in [3.8, 4) is 0 Å². The van der Waals surface area contributed by atoms with E-state index in [2.05, 4.69) is 0 Å². The summed E-state index contributed by atoms with van der Waals surface area (Å²) in [5.74, 6) is -1.32. The average molecular weight is 437 g/mol. The van der Waals surface area contributed by atoms with E-state index in [1.807, 2.05) is 13.8 Å². The van der Waals surface area contributed by atoms with Gasteiger partial charge in [-0.25, -0.2) is 12.8 Å². The summed E-state index contributed by atoms with van der Waals surface area (Å²) in [5.41, 5.74) is 0.566. The van der Waals surface area contributed by atoms with Crippen LogP contribution in [0.25, 0.3) is 10.9 Å². The van der Waals surface area contributed by atoms with Gasteiger partial charge in [-0.05, 0) is 32.0 Å². The second-order valence-electron chi connectivity index (χ2n) is 6.66. The minimum atomic E-state index is -3.90. The van der Waals surface area contributed by atoms with E-state index < -0.39 is 21.4 Å². The lowest BCUT2D eigenvalue weighted by molar-refractivity contribution is -0.131. The molecule has 1 amide bonds. The number of rotatable bonds is 7. The Labute approximate surface area is 174 Å². The molecule has 0 radical (unpaired) electrons. The third-order valence-electron chi connectivity index (χ3n) is 4.90. The maximum absolute atomic E-state index is 14.2. The molecule has 1 aromatic heterocycles. The lowest BCUT2D eigenvalue weighted by Gasteiger charge is -2.19. The molecule has 1 heterocycles. The third kappa shape index (κ3) is 4.31. The summed E-state index contributed by atoms with van der Waals surface area (Å²) in [5, 5.41) is 0.557. The predicted octanol–water partition coefficient (Wildman–Crippen LogP) is 4.28. The summed E-state index contributed by atoms with van der Waals surface area (Å²) in [6.07, 6.45) is 1.45. The average Bonchev–Trinajstić information content (AvgIpc) is 3.05. The molecular formula is C21H22ClFN2O3S. The van der Waals surface area contributed by atoms with E-state index in [-0.39, 0.29) is 27.9 Å². The van der Waals surface area contributed by atoms with E-state index in [9.17, 15) is 17.6 Å². The normalized spacial score (nSPS) is 11.7. The molecule has 3 aromatic rings. The molecule has 0 aliphatic heterocycles. The van der Waals surface area contributed by atoms with Crippen molar-refractivity contribution in [3.63, 3.8) is 0 Å². The number of fused-ring (bicyclic) bond motifs is 1. The van der Waals surface area contributed by atoms with Gasteiger partial charge in [0.1, 0.15) is 12.4 Å². The van der Waals surface area contributed by atoms with Crippen molar-refractivity contribution < 1.29 is 17.6 Å². The van der Waals surface area contributed by atoms with Crippen LogP contribution in [-0.2, 0) is 26.9 Å². The second kappa shape index (κ2) is 8.55. The topological polar surface area (TPSA) is 59.4 Å². The highest BCUT2D eigenvalue weighted by Gasteiger charge is 2.25. The summed E-state index contributed by atoms with van der Waals surface area (Å²) in [6.45, 7) is 4.96. The molecule has 8 heteroatoms. The zero-order valence-corrected chi connectivity index (χ0v) is 17.8. The van der Waals surface area contributed by atoms with Crippen LogP contribution >= 0.6 is 11.6 Å². The zero-order chi connectivity index (χ0) is 21.2. The Hall–Kier alpha value is -2.38. The summed E-state index contributed by atoms with van der Waals surface area (Å²) in [6, 6.07) is 11.0. The Balaban J connectivity index is 2.05. The lowest BCUT2D eigenvalue weighted by atomic mass is 10.2. The molecule has 0 fully saturated rings. The number of benzene rings is 2. The van der Waals surface area contributed by atoms with Gasteiger partial charge in [-0.15, -0.1) is 0 Å². The monoisotopic (exact) mass is 436 g/mol.